The van der Waals surface area contributed by atoms with Gasteiger partial charge in [0.1, 0.15) is 25.3 Å². The van der Waals surface area contributed by atoms with Crippen molar-refractivity contribution in [3.8, 4) is 0 Å². The molecule has 0 aliphatic carbocycles. The van der Waals surface area contributed by atoms with Crippen LogP contribution in [0.1, 0.15) is 22.3 Å². The van der Waals surface area contributed by atoms with E-state index in [4.69, 9.17) is 13.7 Å². The van der Waals surface area contributed by atoms with E-state index in [2.05, 4.69) is 16.1 Å². The molecule has 31 heavy (non-hydrogen) atoms. The zero-order valence-electron chi connectivity index (χ0n) is 17.7. The third kappa shape index (κ3) is 4.69. The molecule has 0 radical (unpaired) electrons. The van der Waals surface area contributed by atoms with Crippen LogP contribution in [0.15, 0.2) is 60.0 Å². The molecule has 8 nitrogen and oxygen atoms in total. The van der Waals surface area contributed by atoms with Crippen LogP contribution in [-0.4, -0.2) is 42.5 Å². The van der Waals surface area contributed by atoms with E-state index in [9.17, 15) is 8.42 Å². The Labute approximate surface area is 181 Å². The van der Waals surface area contributed by atoms with Crippen molar-refractivity contribution in [3.63, 3.8) is 0 Å². The molecule has 2 heterocycles. The molecule has 1 fully saturated rings. The molecule has 0 amide bonds. The van der Waals surface area contributed by atoms with Crippen LogP contribution >= 0.6 is 0 Å². The van der Waals surface area contributed by atoms with Crippen LogP contribution in [0.5, 0.6) is 0 Å². The molecule has 0 unspecified atom stereocenters. The summed E-state index contributed by atoms with van der Waals surface area (Å²) in [5, 5.41) is 4.17. The van der Waals surface area contributed by atoms with E-state index in [1.165, 1.54) is 18.5 Å². The number of rotatable bonds is 7. The first-order valence-corrected chi connectivity index (χ1v) is 11.4. The summed E-state index contributed by atoms with van der Waals surface area (Å²) in [4.78, 5) is 4.10. The summed E-state index contributed by atoms with van der Waals surface area (Å²) >= 11 is 0. The van der Waals surface area contributed by atoms with E-state index >= 15 is 0 Å². The summed E-state index contributed by atoms with van der Waals surface area (Å²) in [7, 11) is -3.89. The highest BCUT2D eigenvalue weighted by atomic mass is 32.2. The van der Waals surface area contributed by atoms with Crippen molar-refractivity contribution in [3.05, 3.63) is 77.4 Å². The molecule has 2 atom stereocenters. The van der Waals surface area contributed by atoms with Gasteiger partial charge in [0.05, 0.1) is 18.1 Å². The molecule has 1 aliphatic rings. The smallest absolute Gasteiger partial charge is 0.297 e. The summed E-state index contributed by atoms with van der Waals surface area (Å²) in [6, 6.07) is 12.5. The monoisotopic (exact) mass is 443 g/mol. The fraction of sp³-hybridized carbons (Fsp3) is 0.364. The second-order valence-electron chi connectivity index (χ2n) is 7.77. The van der Waals surface area contributed by atoms with Gasteiger partial charge in [-0.2, -0.15) is 13.5 Å². The maximum absolute atomic E-state index is 12.5. The second-order valence-corrected chi connectivity index (χ2v) is 9.38. The van der Waals surface area contributed by atoms with E-state index in [0.717, 1.165) is 22.3 Å². The number of aromatic nitrogens is 3. The zero-order chi connectivity index (χ0) is 22.1. The summed E-state index contributed by atoms with van der Waals surface area (Å²) in [5.41, 5.74) is 3.96. The van der Waals surface area contributed by atoms with Gasteiger partial charge in [0.15, 0.2) is 0 Å². The van der Waals surface area contributed by atoms with Gasteiger partial charge in [-0.25, -0.2) is 9.67 Å². The SMILES string of the molecule is Cc1ccc(S(=O)(=O)OC[C@@H]2CO[C@@](Cn3cncn3)(c3ccc(C)cc3C)O2)cc1. The van der Waals surface area contributed by atoms with E-state index in [0.29, 0.717) is 0 Å². The molecule has 0 bridgehead atoms. The zero-order valence-corrected chi connectivity index (χ0v) is 18.5. The molecule has 0 spiro atoms. The molecular formula is C22H25N3O5S. The van der Waals surface area contributed by atoms with E-state index < -0.39 is 22.0 Å². The van der Waals surface area contributed by atoms with Crippen LogP contribution in [-0.2, 0) is 36.1 Å². The quantitative estimate of drug-likeness (QED) is 0.519. The van der Waals surface area contributed by atoms with Gasteiger partial charge in [-0.3, -0.25) is 4.18 Å². The van der Waals surface area contributed by atoms with E-state index in [-0.39, 0.29) is 24.7 Å². The Bertz CT molecular complexity index is 1150. The maximum Gasteiger partial charge on any atom is 0.297 e. The van der Waals surface area contributed by atoms with Crippen LogP contribution in [0.3, 0.4) is 0 Å². The third-order valence-corrected chi connectivity index (χ3v) is 6.50. The molecule has 1 aromatic heterocycles. The van der Waals surface area contributed by atoms with E-state index in [1.54, 1.807) is 23.1 Å². The highest BCUT2D eigenvalue weighted by Gasteiger charge is 2.45. The average molecular weight is 444 g/mol. The van der Waals surface area contributed by atoms with Gasteiger partial charge >= 0.3 is 0 Å². The first-order chi connectivity index (χ1) is 14.8. The topological polar surface area (TPSA) is 92.5 Å². The molecular weight excluding hydrogens is 418 g/mol. The molecule has 2 aromatic carbocycles. The number of aryl methyl sites for hydroxylation is 3. The molecule has 3 aromatic rings. The van der Waals surface area contributed by atoms with Crippen molar-refractivity contribution in [2.45, 2.75) is 44.1 Å². The van der Waals surface area contributed by atoms with Crippen molar-refractivity contribution < 1.29 is 22.1 Å². The summed E-state index contributed by atoms with van der Waals surface area (Å²) in [6.07, 6.45) is 2.47. The van der Waals surface area contributed by atoms with Gasteiger partial charge in [0.25, 0.3) is 10.1 Å². The summed E-state index contributed by atoms with van der Waals surface area (Å²) in [5.74, 6) is -1.12. The Balaban J connectivity index is 1.53. The van der Waals surface area contributed by atoms with Crippen molar-refractivity contribution in [1.82, 2.24) is 14.8 Å². The van der Waals surface area contributed by atoms with Gasteiger partial charge < -0.3 is 9.47 Å². The van der Waals surface area contributed by atoms with Crippen LogP contribution < -0.4 is 0 Å². The van der Waals surface area contributed by atoms with Gasteiger partial charge in [0.2, 0.25) is 5.79 Å². The van der Waals surface area contributed by atoms with Crippen LogP contribution in [0.4, 0.5) is 0 Å². The van der Waals surface area contributed by atoms with Crippen molar-refractivity contribution in [2.24, 2.45) is 0 Å². The Morgan fingerprint density at radius 1 is 1.13 bits per heavy atom. The molecule has 1 saturated heterocycles. The van der Waals surface area contributed by atoms with Crippen molar-refractivity contribution >= 4 is 10.1 Å². The van der Waals surface area contributed by atoms with Crippen LogP contribution in [0, 0.1) is 20.8 Å². The Hall–Kier alpha value is -2.59. The van der Waals surface area contributed by atoms with E-state index in [1.807, 2.05) is 32.9 Å². The van der Waals surface area contributed by atoms with Crippen molar-refractivity contribution in [1.29, 1.82) is 0 Å². The van der Waals surface area contributed by atoms with Crippen LogP contribution in [0.25, 0.3) is 0 Å². The molecule has 9 heteroatoms. The Morgan fingerprint density at radius 2 is 1.87 bits per heavy atom. The Morgan fingerprint density at radius 3 is 2.55 bits per heavy atom. The summed E-state index contributed by atoms with van der Waals surface area (Å²) < 4.78 is 44.4. The lowest BCUT2D eigenvalue weighted by molar-refractivity contribution is -0.191. The number of nitrogens with zero attached hydrogens (tertiary/aromatic N) is 3. The van der Waals surface area contributed by atoms with Crippen molar-refractivity contribution in [2.75, 3.05) is 13.2 Å². The number of benzene rings is 2. The van der Waals surface area contributed by atoms with Gasteiger partial charge in [-0.05, 0) is 38.5 Å². The lowest BCUT2D eigenvalue weighted by atomic mass is 9.98. The van der Waals surface area contributed by atoms with Gasteiger partial charge in [0, 0.05) is 5.56 Å². The average Bonchev–Trinajstić information content (AvgIpc) is 3.38. The van der Waals surface area contributed by atoms with Gasteiger partial charge in [-0.1, -0.05) is 41.5 Å². The van der Waals surface area contributed by atoms with Gasteiger partial charge in [-0.15, -0.1) is 0 Å². The lowest BCUT2D eigenvalue weighted by Crippen LogP contribution is -2.35. The lowest BCUT2D eigenvalue weighted by Gasteiger charge is -2.30. The molecule has 0 saturated carbocycles. The normalized spacial score (nSPS) is 21.5. The number of hydrogen-bond donors (Lipinski definition) is 0. The minimum Gasteiger partial charge on any atom is -0.342 e. The fourth-order valence-corrected chi connectivity index (χ4v) is 4.60. The molecule has 4 rings (SSSR count). The largest absolute Gasteiger partial charge is 0.342 e. The predicted molar refractivity (Wildman–Crippen MR) is 113 cm³/mol. The Kier molecular flexibility index (Phi) is 5.94. The first-order valence-electron chi connectivity index (χ1n) is 9.95. The molecule has 164 valence electrons. The third-order valence-electron chi connectivity index (χ3n) is 5.21. The highest BCUT2D eigenvalue weighted by Crippen LogP contribution is 2.38. The first kappa shape index (κ1) is 21.6. The predicted octanol–water partition coefficient (Wildman–Crippen LogP) is 2.88. The second kappa shape index (κ2) is 8.51. The minimum atomic E-state index is -3.89. The maximum atomic E-state index is 12.5. The standard InChI is InChI=1S/C22H25N3O5S/c1-16-4-7-20(8-5-16)31(26,27)29-12-19-11-28-22(30-19,13-25-15-23-14-24-25)21-9-6-17(2)10-18(21)3/h4-10,14-15,19H,11-13H2,1-3H3/t19-,22+/m0/s1. The summed E-state index contributed by atoms with van der Waals surface area (Å²) in [6.45, 7) is 6.21. The molecule has 1 aliphatic heterocycles. The fourth-order valence-electron chi connectivity index (χ4n) is 3.66. The number of ether oxygens (including phenoxy) is 2. The minimum absolute atomic E-state index is 0.111. The highest BCUT2D eigenvalue weighted by molar-refractivity contribution is 7.86. The van der Waals surface area contributed by atoms with Crippen LogP contribution in [0.2, 0.25) is 0 Å². The number of hydrogen-bond acceptors (Lipinski definition) is 7. The molecule has 0 N–H and O–H groups in total.